The molecule has 0 aliphatic rings. The highest BCUT2D eigenvalue weighted by Gasteiger charge is 2.27. The van der Waals surface area contributed by atoms with Crippen LogP contribution in [0.15, 0.2) is 88.7 Å². The van der Waals surface area contributed by atoms with Crippen molar-refractivity contribution in [1.82, 2.24) is 5.32 Å². The van der Waals surface area contributed by atoms with Crippen LogP contribution in [0.1, 0.15) is 5.56 Å². The fourth-order valence-electron chi connectivity index (χ4n) is 2.82. The van der Waals surface area contributed by atoms with Gasteiger partial charge in [-0.15, -0.1) is 11.8 Å². The number of nitrogens with one attached hydrogen (secondary N) is 1. The van der Waals surface area contributed by atoms with E-state index in [-0.39, 0.29) is 17.3 Å². The number of hydrogen-bond acceptors (Lipinski definition) is 4. The Labute approximate surface area is 192 Å². The van der Waals surface area contributed by atoms with Crippen LogP contribution in [0, 0.1) is 6.92 Å². The Hall–Kier alpha value is -2.48. The van der Waals surface area contributed by atoms with Crippen LogP contribution in [0.2, 0.25) is 5.02 Å². The third-order valence-corrected chi connectivity index (χ3v) is 7.50. The lowest BCUT2D eigenvalue weighted by Crippen LogP contribution is -2.41. The minimum absolute atomic E-state index is 0.125. The zero-order chi connectivity index (χ0) is 22.3. The van der Waals surface area contributed by atoms with Gasteiger partial charge in [-0.25, -0.2) is 8.42 Å². The molecule has 3 rings (SSSR count). The molecule has 0 bridgehead atoms. The number of aryl methyl sites for hydroxylation is 1. The van der Waals surface area contributed by atoms with Crippen LogP contribution >= 0.6 is 23.4 Å². The van der Waals surface area contributed by atoms with Gasteiger partial charge in [-0.2, -0.15) is 0 Å². The summed E-state index contributed by atoms with van der Waals surface area (Å²) < 4.78 is 27.7. The second kappa shape index (κ2) is 10.7. The number of carbonyl (C=O) groups is 1. The molecule has 3 aromatic carbocycles. The summed E-state index contributed by atoms with van der Waals surface area (Å²) in [6.07, 6.45) is 0. The van der Waals surface area contributed by atoms with E-state index in [4.69, 9.17) is 11.6 Å². The molecule has 0 fully saturated rings. The van der Waals surface area contributed by atoms with Gasteiger partial charge in [0.05, 0.1) is 10.6 Å². The summed E-state index contributed by atoms with van der Waals surface area (Å²) in [5.74, 6) is 0.306. The zero-order valence-electron chi connectivity index (χ0n) is 17.0. The molecule has 8 heteroatoms. The molecule has 0 aliphatic carbocycles. The Kier molecular flexibility index (Phi) is 8.01. The normalized spacial score (nSPS) is 11.2. The SMILES string of the molecule is Cc1ccc(S(=O)(=O)N(CC(=O)NCCSc2ccccc2)c2ccc(Cl)cc2)cc1. The molecular weight excluding hydrogens is 452 g/mol. The number of rotatable bonds is 9. The minimum atomic E-state index is -3.93. The maximum Gasteiger partial charge on any atom is 0.264 e. The Balaban J connectivity index is 1.71. The van der Waals surface area contributed by atoms with Crippen molar-refractivity contribution in [3.05, 3.63) is 89.4 Å². The molecule has 0 unspecified atom stereocenters. The molecule has 0 aliphatic heterocycles. The van der Waals surface area contributed by atoms with E-state index in [1.54, 1.807) is 60.3 Å². The van der Waals surface area contributed by atoms with Crippen molar-refractivity contribution in [1.29, 1.82) is 0 Å². The van der Waals surface area contributed by atoms with E-state index in [9.17, 15) is 13.2 Å². The van der Waals surface area contributed by atoms with Gasteiger partial charge in [0.15, 0.2) is 0 Å². The molecule has 0 heterocycles. The van der Waals surface area contributed by atoms with Gasteiger partial charge in [-0.3, -0.25) is 9.10 Å². The van der Waals surface area contributed by atoms with Crippen LogP contribution in [0.5, 0.6) is 0 Å². The van der Waals surface area contributed by atoms with Crippen molar-refractivity contribution in [3.8, 4) is 0 Å². The van der Waals surface area contributed by atoms with Crippen molar-refractivity contribution in [2.75, 3.05) is 23.1 Å². The number of amides is 1. The highest BCUT2D eigenvalue weighted by Crippen LogP contribution is 2.25. The van der Waals surface area contributed by atoms with Crippen molar-refractivity contribution < 1.29 is 13.2 Å². The quantitative estimate of drug-likeness (QED) is 0.359. The molecule has 3 aromatic rings. The van der Waals surface area contributed by atoms with Crippen LogP contribution < -0.4 is 9.62 Å². The van der Waals surface area contributed by atoms with Crippen LogP contribution in [0.4, 0.5) is 5.69 Å². The van der Waals surface area contributed by atoms with E-state index in [2.05, 4.69) is 5.32 Å². The Morgan fingerprint density at radius 3 is 2.26 bits per heavy atom. The van der Waals surface area contributed by atoms with Crippen LogP contribution in [-0.2, 0) is 14.8 Å². The summed E-state index contributed by atoms with van der Waals surface area (Å²) in [5, 5.41) is 3.29. The number of anilines is 1. The van der Waals surface area contributed by atoms with Gasteiger partial charge in [0.2, 0.25) is 5.91 Å². The lowest BCUT2D eigenvalue weighted by atomic mass is 10.2. The average Bonchev–Trinajstić information content (AvgIpc) is 2.77. The first-order valence-electron chi connectivity index (χ1n) is 9.66. The smallest absolute Gasteiger partial charge is 0.264 e. The topological polar surface area (TPSA) is 66.5 Å². The lowest BCUT2D eigenvalue weighted by molar-refractivity contribution is -0.119. The van der Waals surface area contributed by atoms with Gasteiger partial charge >= 0.3 is 0 Å². The second-order valence-electron chi connectivity index (χ2n) is 6.81. The summed E-state index contributed by atoms with van der Waals surface area (Å²) in [4.78, 5) is 13.8. The largest absolute Gasteiger partial charge is 0.354 e. The van der Waals surface area contributed by atoms with E-state index in [1.165, 1.54) is 0 Å². The number of nitrogens with zero attached hydrogens (tertiary/aromatic N) is 1. The summed E-state index contributed by atoms with van der Waals surface area (Å²) in [5.41, 5.74) is 1.32. The van der Waals surface area contributed by atoms with E-state index in [0.717, 1.165) is 14.8 Å². The van der Waals surface area contributed by atoms with Crippen molar-refractivity contribution in [3.63, 3.8) is 0 Å². The molecule has 0 atom stereocenters. The first-order valence-corrected chi connectivity index (χ1v) is 12.5. The number of thioether (sulfide) groups is 1. The Bertz CT molecular complexity index is 1100. The summed E-state index contributed by atoms with van der Waals surface area (Å²) in [6, 6.07) is 22.8. The Morgan fingerprint density at radius 1 is 0.968 bits per heavy atom. The van der Waals surface area contributed by atoms with Crippen molar-refractivity contribution in [2.24, 2.45) is 0 Å². The molecule has 1 N–H and O–H groups in total. The number of hydrogen-bond donors (Lipinski definition) is 1. The van der Waals surface area contributed by atoms with Gasteiger partial charge < -0.3 is 5.32 Å². The molecule has 0 aromatic heterocycles. The maximum absolute atomic E-state index is 13.3. The minimum Gasteiger partial charge on any atom is -0.354 e. The van der Waals surface area contributed by atoms with Crippen LogP contribution in [-0.4, -0.2) is 33.2 Å². The fraction of sp³-hybridized carbons (Fsp3) is 0.174. The Morgan fingerprint density at radius 2 is 1.61 bits per heavy atom. The predicted molar refractivity (Wildman–Crippen MR) is 127 cm³/mol. The van der Waals surface area contributed by atoms with Gasteiger partial charge in [0.25, 0.3) is 10.0 Å². The first-order chi connectivity index (χ1) is 14.9. The molecule has 0 saturated carbocycles. The first kappa shape index (κ1) is 23.2. The third-order valence-electron chi connectivity index (χ3n) is 4.45. The number of carbonyl (C=O) groups excluding carboxylic acids is 1. The number of halogens is 1. The summed E-state index contributed by atoms with van der Waals surface area (Å²) in [7, 11) is -3.93. The highest BCUT2D eigenvalue weighted by atomic mass is 35.5. The molecule has 0 spiro atoms. The van der Waals surface area contributed by atoms with Crippen molar-refractivity contribution in [2.45, 2.75) is 16.7 Å². The number of sulfonamides is 1. The lowest BCUT2D eigenvalue weighted by Gasteiger charge is -2.24. The van der Waals surface area contributed by atoms with Gasteiger partial charge in [-0.1, -0.05) is 47.5 Å². The monoisotopic (exact) mass is 474 g/mol. The summed E-state index contributed by atoms with van der Waals surface area (Å²) in [6.45, 7) is 1.99. The molecule has 5 nitrogen and oxygen atoms in total. The van der Waals surface area contributed by atoms with Crippen molar-refractivity contribution >= 4 is 45.0 Å². The average molecular weight is 475 g/mol. The highest BCUT2D eigenvalue weighted by molar-refractivity contribution is 7.99. The molecule has 0 saturated heterocycles. The second-order valence-corrected chi connectivity index (χ2v) is 10.3. The predicted octanol–water partition coefficient (Wildman–Crippen LogP) is 4.75. The van der Waals surface area contributed by atoms with E-state index in [1.807, 2.05) is 37.3 Å². The molecule has 0 radical (unpaired) electrons. The standard InChI is InChI=1S/C23H23ClN2O3S2/c1-18-7-13-22(14-8-18)31(28,29)26(20-11-9-19(24)10-12-20)17-23(27)25-15-16-30-21-5-3-2-4-6-21/h2-14H,15-17H2,1H3,(H,25,27). The van der Waals surface area contributed by atoms with Crippen LogP contribution in [0.25, 0.3) is 0 Å². The van der Waals surface area contributed by atoms with E-state index in [0.29, 0.717) is 23.0 Å². The maximum atomic E-state index is 13.3. The van der Waals surface area contributed by atoms with Gasteiger partial charge in [-0.05, 0) is 55.5 Å². The third kappa shape index (κ3) is 6.50. The van der Waals surface area contributed by atoms with E-state index >= 15 is 0 Å². The van der Waals surface area contributed by atoms with Crippen LogP contribution in [0.3, 0.4) is 0 Å². The van der Waals surface area contributed by atoms with Gasteiger partial charge in [0.1, 0.15) is 6.54 Å². The molecule has 162 valence electrons. The van der Waals surface area contributed by atoms with E-state index < -0.39 is 10.0 Å². The fourth-order valence-corrected chi connectivity index (χ4v) is 5.16. The molecular formula is C23H23ClN2O3S2. The number of benzene rings is 3. The molecule has 31 heavy (non-hydrogen) atoms. The summed E-state index contributed by atoms with van der Waals surface area (Å²) >= 11 is 7.58. The van der Waals surface area contributed by atoms with Gasteiger partial charge in [0, 0.05) is 22.2 Å². The zero-order valence-corrected chi connectivity index (χ0v) is 19.4. The molecule has 1 amide bonds.